The number of nitrogens with zero attached hydrogens (tertiary/aromatic N) is 1. The van der Waals surface area contributed by atoms with Crippen LogP contribution in [0.5, 0.6) is 0 Å². The number of nitrogens with one attached hydrogen (secondary N) is 2. The average Bonchev–Trinajstić information content (AvgIpc) is 2.63. The van der Waals surface area contributed by atoms with Crippen LogP contribution in [0.25, 0.3) is 0 Å². The fourth-order valence-electron chi connectivity index (χ4n) is 3.66. The molecule has 6 heteroatoms. The quantitative estimate of drug-likeness (QED) is 0.864. The lowest BCUT2D eigenvalue weighted by Crippen LogP contribution is -2.56. The van der Waals surface area contributed by atoms with Crippen molar-refractivity contribution in [1.29, 1.82) is 0 Å². The van der Waals surface area contributed by atoms with Crippen LogP contribution in [0, 0.1) is 13.8 Å². The lowest BCUT2D eigenvalue weighted by molar-refractivity contribution is -0.139. The normalized spacial score (nSPS) is 23.3. The molecule has 26 heavy (non-hydrogen) atoms. The fourth-order valence-corrected chi connectivity index (χ4v) is 3.66. The number of piperidine rings is 2. The molecule has 3 rings (SSSR count). The third-order valence-electron chi connectivity index (χ3n) is 5.37. The first-order valence-corrected chi connectivity index (χ1v) is 9.40. The third kappa shape index (κ3) is 4.23. The zero-order valence-electron chi connectivity index (χ0n) is 15.5. The fraction of sp³-hybridized carbons (Fsp3) is 0.550. The molecule has 2 aliphatic heterocycles. The number of aryl methyl sites for hydroxylation is 2. The molecule has 2 heterocycles. The second kappa shape index (κ2) is 7.89. The molecule has 2 saturated heterocycles. The van der Waals surface area contributed by atoms with Gasteiger partial charge < -0.3 is 15.5 Å². The molecular formula is C20H27N3O3. The standard InChI is InChI=1S/C20H27N3O3/c1-13-8-9-15(11-14(13)2)19(25)21-16-5-4-10-23(12-16)20(26)17-6-3-7-18(24)22-17/h8-9,11,16-17H,3-7,10,12H2,1-2H3,(H,21,25)(H,22,24)/t16-,17+/m0/s1. The molecule has 6 nitrogen and oxygen atoms in total. The van der Waals surface area contributed by atoms with Crippen LogP contribution >= 0.6 is 0 Å². The minimum absolute atomic E-state index is 0.0248. The maximum atomic E-state index is 12.7. The van der Waals surface area contributed by atoms with E-state index in [-0.39, 0.29) is 23.8 Å². The predicted octanol–water partition coefficient (Wildman–Crippen LogP) is 1.69. The first-order valence-electron chi connectivity index (χ1n) is 9.40. The summed E-state index contributed by atoms with van der Waals surface area (Å²) in [7, 11) is 0. The Morgan fingerprint density at radius 1 is 1.15 bits per heavy atom. The topological polar surface area (TPSA) is 78.5 Å². The molecule has 0 aromatic heterocycles. The number of amides is 3. The Kier molecular flexibility index (Phi) is 5.59. The van der Waals surface area contributed by atoms with Crippen LogP contribution in [0.4, 0.5) is 0 Å². The highest BCUT2D eigenvalue weighted by Crippen LogP contribution is 2.17. The Bertz CT molecular complexity index is 716. The summed E-state index contributed by atoms with van der Waals surface area (Å²) in [5.74, 6) is -0.173. The van der Waals surface area contributed by atoms with E-state index in [0.717, 1.165) is 30.4 Å². The van der Waals surface area contributed by atoms with Crippen LogP contribution in [0.15, 0.2) is 18.2 Å². The van der Waals surface area contributed by atoms with Crippen LogP contribution in [0.2, 0.25) is 0 Å². The summed E-state index contributed by atoms with van der Waals surface area (Å²) in [6.07, 6.45) is 3.66. The minimum atomic E-state index is -0.412. The summed E-state index contributed by atoms with van der Waals surface area (Å²) >= 11 is 0. The molecule has 2 N–H and O–H groups in total. The summed E-state index contributed by atoms with van der Waals surface area (Å²) in [6, 6.07) is 5.22. The van der Waals surface area contributed by atoms with Gasteiger partial charge in [-0.3, -0.25) is 14.4 Å². The van der Waals surface area contributed by atoms with Gasteiger partial charge in [0.1, 0.15) is 6.04 Å². The minimum Gasteiger partial charge on any atom is -0.348 e. The third-order valence-corrected chi connectivity index (χ3v) is 5.37. The van der Waals surface area contributed by atoms with Crippen molar-refractivity contribution in [3.05, 3.63) is 34.9 Å². The number of hydrogen-bond donors (Lipinski definition) is 2. The summed E-state index contributed by atoms with van der Waals surface area (Å²) in [5.41, 5.74) is 2.90. The van der Waals surface area contributed by atoms with Crippen molar-refractivity contribution in [3.8, 4) is 0 Å². The SMILES string of the molecule is Cc1ccc(C(=O)N[C@H]2CCCN(C(=O)[C@H]3CCCC(=O)N3)C2)cc1C. The molecule has 2 fully saturated rings. The van der Waals surface area contributed by atoms with E-state index in [1.54, 1.807) is 4.90 Å². The second-order valence-corrected chi connectivity index (χ2v) is 7.41. The predicted molar refractivity (Wildman–Crippen MR) is 98.8 cm³/mol. The molecule has 2 atom stereocenters. The van der Waals surface area contributed by atoms with Crippen molar-refractivity contribution in [1.82, 2.24) is 15.5 Å². The Morgan fingerprint density at radius 3 is 2.69 bits per heavy atom. The van der Waals surface area contributed by atoms with Gasteiger partial charge in [-0.2, -0.15) is 0 Å². The van der Waals surface area contributed by atoms with E-state index in [0.29, 0.717) is 31.5 Å². The van der Waals surface area contributed by atoms with E-state index in [4.69, 9.17) is 0 Å². The van der Waals surface area contributed by atoms with Crippen molar-refractivity contribution >= 4 is 17.7 Å². The molecule has 0 spiro atoms. The monoisotopic (exact) mass is 357 g/mol. The van der Waals surface area contributed by atoms with E-state index in [1.165, 1.54) is 0 Å². The Balaban J connectivity index is 1.59. The maximum absolute atomic E-state index is 12.7. The highest BCUT2D eigenvalue weighted by molar-refractivity contribution is 5.94. The number of benzene rings is 1. The molecule has 1 aromatic carbocycles. The molecule has 0 bridgehead atoms. The average molecular weight is 357 g/mol. The molecular weight excluding hydrogens is 330 g/mol. The number of likely N-dealkylation sites (tertiary alicyclic amines) is 1. The largest absolute Gasteiger partial charge is 0.348 e. The van der Waals surface area contributed by atoms with Crippen LogP contribution in [0.3, 0.4) is 0 Å². The van der Waals surface area contributed by atoms with Gasteiger partial charge in [-0.1, -0.05) is 6.07 Å². The first kappa shape index (κ1) is 18.4. The summed E-state index contributed by atoms with van der Waals surface area (Å²) in [5, 5.41) is 5.85. The summed E-state index contributed by atoms with van der Waals surface area (Å²) < 4.78 is 0. The molecule has 140 valence electrons. The maximum Gasteiger partial charge on any atom is 0.251 e. The zero-order valence-corrected chi connectivity index (χ0v) is 15.5. The molecule has 2 aliphatic rings. The van der Waals surface area contributed by atoms with Gasteiger partial charge in [-0.25, -0.2) is 0 Å². The zero-order chi connectivity index (χ0) is 18.7. The lowest BCUT2D eigenvalue weighted by atomic mass is 10.00. The number of rotatable bonds is 3. The van der Waals surface area contributed by atoms with Gasteiger partial charge >= 0.3 is 0 Å². The molecule has 0 unspecified atom stereocenters. The van der Waals surface area contributed by atoms with Crippen molar-refractivity contribution in [3.63, 3.8) is 0 Å². The van der Waals surface area contributed by atoms with E-state index >= 15 is 0 Å². The smallest absolute Gasteiger partial charge is 0.251 e. The van der Waals surface area contributed by atoms with Gasteiger partial charge in [0.05, 0.1) is 0 Å². The van der Waals surface area contributed by atoms with E-state index in [9.17, 15) is 14.4 Å². The van der Waals surface area contributed by atoms with Crippen LogP contribution < -0.4 is 10.6 Å². The van der Waals surface area contributed by atoms with Crippen LogP contribution in [0.1, 0.15) is 53.6 Å². The van der Waals surface area contributed by atoms with Crippen molar-refractivity contribution in [2.75, 3.05) is 13.1 Å². The van der Waals surface area contributed by atoms with Crippen LogP contribution in [-0.2, 0) is 9.59 Å². The summed E-state index contributed by atoms with van der Waals surface area (Å²) in [6.45, 7) is 5.19. The molecule has 0 aliphatic carbocycles. The van der Waals surface area contributed by atoms with Gasteiger partial charge in [0, 0.05) is 31.1 Å². The Morgan fingerprint density at radius 2 is 1.96 bits per heavy atom. The highest BCUT2D eigenvalue weighted by Gasteiger charge is 2.32. The number of carbonyl (C=O) groups is 3. The molecule has 3 amide bonds. The number of hydrogen-bond acceptors (Lipinski definition) is 3. The van der Waals surface area contributed by atoms with Crippen molar-refractivity contribution in [2.24, 2.45) is 0 Å². The molecule has 0 radical (unpaired) electrons. The lowest BCUT2D eigenvalue weighted by Gasteiger charge is -2.36. The second-order valence-electron chi connectivity index (χ2n) is 7.41. The van der Waals surface area contributed by atoms with Gasteiger partial charge in [-0.15, -0.1) is 0 Å². The van der Waals surface area contributed by atoms with Gasteiger partial charge in [-0.05, 0) is 62.8 Å². The number of carbonyl (C=O) groups excluding carboxylic acids is 3. The van der Waals surface area contributed by atoms with Gasteiger partial charge in [0.2, 0.25) is 11.8 Å². The molecule has 1 aromatic rings. The van der Waals surface area contributed by atoms with Crippen molar-refractivity contribution < 1.29 is 14.4 Å². The van der Waals surface area contributed by atoms with Crippen LogP contribution in [-0.4, -0.2) is 47.8 Å². The van der Waals surface area contributed by atoms with Gasteiger partial charge in [0.25, 0.3) is 5.91 Å². The first-order chi connectivity index (χ1) is 12.4. The highest BCUT2D eigenvalue weighted by atomic mass is 16.2. The Hall–Kier alpha value is -2.37. The van der Waals surface area contributed by atoms with Crippen molar-refractivity contribution in [2.45, 2.75) is 58.0 Å². The molecule has 0 saturated carbocycles. The van der Waals surface area contributed by atoms with E-state index in [2.05, 4.69) is 10.6 Å². The van der Waals surface area contributed by atoms with E-state index < -0.39 is 6.04 Å². The summed E-state index contributed by atoms with van der Waals surface area (Å²) in [4.78, 5) is 38.5. The van der Waals surface area contributed by atoms with E-state index in [1.807, 2.05) is 32.0 Å². The van der Waals surface area contributed by atoms with Gasteiger partial charge in [0.15, 0.2) is 0 Å². The Labute approximate surface area is 154 Å².